The SMILES string of the molecule is O=C1NC(CCc2ccc(F)cc2)=N/C1=C/c1ccc(F)cc1. The summed E-state index contributed by atoms with van der Waals surface area (Å²) < 4.78 is 25.7. The maximum Gasteiger partial charge on any atom is 0.275 e. The first kappa shape index (κ1) is 15.1. The van der Waals surface area contributed by atoms with Crippen LogP contribution >= 0.6 is 0 Å². The van der Waals surface area contributed by atoms with Gasteiger partial charge in [0.25, 0.3) is 5.91 Å². The van der Waals surface area contributed by atoms with Gasteiger partial charge < -0.3 is 5.32 Å². The van der Waals surface area contributed by atoms with Crippen LogP contribution in [0.2, 0.25) is 0 Å². The lowest BCUT2D eigenvalue weighted by Crippen LogP contribution is -2.24. The Morgan fingerprint density at radius 2 is 1.52 bits per heavy atom. The molecule has 2 aromatic carbocycles. The van der Waals surface area contributed by atoms with E-state index in [-0.39, 0.29) is 17.5 Å². The van der Waals surface area contributed by atoms with Gasteiger partial charge in [0.05, 0.1) is 0 Å². The van der Waals surface area contributed by atoms with E-state index in [0.717, 1.165) is 5.56 Å². The molecule has 1 heterocycles. The third kappa shape index (κ3) is 3.88. The fourth-order valence-corrected chi connectivity index (χ4v) is 2.27. The van der Waals surface area contributed by atoms with Gasteiger partial charge in [0.1, 0.15) is 23.2 Å². The molecule has 23 heavy (non-hydrogen) atoms. The fourth-order valence-electron chi connectivity index (χ4n) is 2.27. The smallest absolute Gasteiger partial charge is 0.275 e. The van der Waals surface area contributed by atoms with Gasteiger partial charge in [-0.2, -0.15) is 0 Å². The molecule has 5 heteroatoms. The molecule has 1 aliphatic heterocycles. The van der Waals surface area contributed by atoms with E-state index < -0.39 is 0 Å². The van der Waals surface area contributed by atoms with Crippen LogP contribution in [-0.2, 0) is 11.2 Å². The standard InChI is InChI=1S/C18H14F2N2O/c19-14-6-1-12(2-7-14)5-10-17-21-16(18(23)22-17)11-13-3-8-15(20)9-4-13/h1-4,6-9,11H,5,10H2,(H,21,22,23)/b16-11+. The number of carbonyl (C=O) groups excluding carboxylic acids is 1. The number of amides is 1. The van der Waals surface area contributed by atoms with Crippen molar-refractivity contribution in [2.45, 2.75) is 12.8 Å². The summed E-state index contributed by atoms with van der Waals surface area (Å²) in [4.78, 5) is 16.2. The van der Waals surface area contributed by atoms with Gasteiger partial charge in [-0.05, 0) is 47.9 Å². The lowest BCUT2D eigenvalue weighted by atomic mass is 10.1. The zero-order valence-electron chi connectivity index (χ0n) is 12.2. The third-order valence-electron chi connectivity index (χ3n) is 3.48. The highest BCUT2D eigenvalue weighted by atomic mass is 19.1. The number of aliphatic imine (C=N–C) groups is 1. The molecule has 116 valence electrons. The van der Waals surface area contributed by atoms with Crippen LogP contribution in [0.5, 0.6) is 0 Å². The van der Waals surface area contributed by atoms with Crippen LogP contribution < -0.4 is 5.32 Å². The monoisotopic (exact) mass is 312 g/mol. The molecule has 1 N–H and O–H groups in total. The Hall–Kier alpha value is -2.82. The minimum absolute atomic E-state index is 0.273. The van der Waals surface area contributed by atoms with Crippen molar-refractivity contribution in [3.05, 3.63) is 77.0 Å². The molecular weight excluding hydrogens is 298 g/mol. The molecule has 0 unspecified atom stereocenters. The second-order valence-electron chi connectivity index (χ2n) is 5.22. The molecule has 1 amide bonds. The average molecular weight is 312 g/mol. The van der Waals surface area contributed by atoms with Crippen LogP contribution in [0.4, 0.5) is 8.78 Å². The molecular formula is C18H14F2N2O. The predicted molar refractivity (Wildman–Crippen MR) is 84.7 cm³/mol. The molecule has 0 aromatic heterocycles. The summed E-state index contributed by atoms with van der Waals surface area (Å²) in [5, 5.41) is 2.71. The van der Waals surface area contributed by atoms with Crippen molar-refractivity contribution in [1.29, 1.82) is 0 Å². The third-order valence-corrected chi connectivity index (χ3v) is 3.48. The van der Waals surface area contributed by atoms with Crippen molar-refractivity contribution >= 4 is 17.8 Å². The zero-order chi connectivity index (χ0) is 16.2. The largest absolute Gasteiger partial charge is 0.309 e. The number of carbonyl (C=O) groups is 1. The van der Waals surface area contributed by atoms with Gasteiger partial charge in [-0.3, -0.25) is 4.79 Å². The summed E-state index contributed by atoms with van der Waals surface area (Å²) in [6.45, 7) is 0. The van der Waals surface area contributed by atoms with Gasteiger partial charge in [0.2, 0.25) is 0 Å². The lowest BCUT2D eigenvalue weighted by Gasteiger charge is -2.01. The number of nitrogens with one attached hydrogen (secondary N) is 1. The quantitative estimate of drug-likeness (QED) is 0.863. The number of aryl methyl sites for hydroxylation is 1. The number of amidine groups is 1. The Morgan fingerprint density at radius 1 is 0.913 bits per heavy atom. The summed E-state index contributed by atoms with van der Waals surface area (Å²) in [5.74, 6) is -0.299. The zero-order valence-corrected chi connectivity index (χ0v) is 12.2. The summed E-state index contributed by atoms with van der Waals surface area (Å²) in [6.07, 6.45) is 2.82. The highest BCUT2D eigenvalue weighted by Gasteiger charge is 2.19. The molecule has 0 radical (unpaired) electrons. The van der Waals surface area contributed by atoms with Gasteiger partial charge in [-0.15, -0.1) is 0 Å². The maximum absolute atomic E-state index is 12.9. The average Bonchev–Trinajstić information content (AvgIpc) is 2.89. The normalized spacial score (nSPS) is 15.7. The molecule has 0 aliphatic carbocycles. The van der Waals surface area contributed by atoms with Gasteiger partial charge >= 0.3 is 0 Å². The molecule has 0 atom stereocenters. The molecule has 2 aromatic rings. The second-order valence-corrected chi connectivity index (χ2v) is 5.22. The van der Waals surface area contributed by atoms with Gasteiger partial charge in [0, 0.05) is 6.42 Å². The fraction of sp³-hybridized carbons (Fsp3) is 0.111. The minimum atomic E-state index is -0.327. The number of hydrogen-bond acceptors (Lipinski definition) is 2. The Morgan fingerprint density at radius 3 is 2.17 bits per heavy atom. The second kappa shape index (κ2) is 6.52. The highest BCUT2D eigenvalue weighted by molar-refractivity contribution is 6.14. The Bertz CT molecular complexity index is 778. The van der Waals surface area contributed by atoms with E-state index in [9.17, 15) is 13.6 Å². The van der Waals surface area contributed by atoms with E-state index in [4.69, 9.17) is 0 Å². The number of hydrogen-bond donors (Lipinski definition) is 1. The Balaban J connectivity index is 1.68. The summed E-state index contributed by atoms with van der Waals surface area (Å²) in [7, 11) is 0. The van der Waals surface area contributed by atoms with Crippen molar-refractivity contribution in [2.75, 3.05) is 0 Å². The maximum atomic E-state index is 12.9. The van der Waals surface area contributed by atoms with Crippen LogP contribution in [0.3, 0.4) is 0 Å². The van der Waals surface area contributed by atoms with Crippen molar-refractivity contribution < 1.29 is 13.6 Å². The molecule has 0 fully saturated rings. The van der Waals surface area contributed by atoms with Crippen molar-refractivity contribution in [2.24, 2.45) is 4.99 Å². The van der Waals surface area contributed by atoms with Crippen LogP contribution in [0.15, 0.2) is 59.2 Å². The van der Waals surface area contributed by atoms with E-state index in [1.807, 2.05) is 0 Å². The van der Waals surface area contributed by atoms with Crippen LogP contribution in [0.25, 0.3) is 6.08 Å². The molecule has 1 aliphatic rings. The number of benzene rings is 2. The van der Waals surface area contributed by atoms with E-state index in [2.05, 4.69) is 10.3 Å². The van der Waals surface area contributed by atoms with Crippen LogP contribution in [-0.4, -0.2) is 11.7 Å². The van der Waals surface area contributed by atoms with Crippen molar-refractivity contribution in [1.82, 2.24) is 5.32 Å². The van der Waals surface area contributed by atoms with Gasteiger partial charge in [0.15, 0.2) is 0 Å². The number of nitrogens with zero attached hydrogens (tertiary/aromatic N) is 1. The topological polar surface area (TPSA) is 41.5 Å². The molecule has 0 bridgehead atoms. The molecule has 3 rings (SSSR count). The summed E-state index contributed by atoms with van der Waals surface area (Å²) in [5.41, 5.74) is 1.98. The van der Waals surface area contributed by atoms with E-state index in [1.165, 1.54) is 24.3 Å². The molecule has 0 saturated carbocycles. The summed E-state index contributed by atoms with van der Waals surface area (Å²) in [6, 6.07) is 12.1. The molecule has 0 saturated heterocycles. The first-order chi connectivity index (χ1) is 11.1. The predicted octanol–water partition coefficient (Wildman–Crippen LogP) is 3.47. The van der Waals surface area contributed by atoms with Crippen molar-refractivity contribution in [3.8, 4) is 0 Å². The summed E-state index contributed by atoms with van der Waals surface area (Å²) >= 11 is 0. The molecule has 0 spiro atoms. The van der Waals surface area contributed by atoms with E-state index in [1.54, 1.807) is 30.3 Å². The lowest BCUT2D eigenvalue weighted by molar-refractivity contribution is -0.115. The Kier molecular flexibility index (Phi) is 4.28. The molecule has 3 nitrogen and oxygen atoms in total. The first-order valence-electron chi connectivity index (χ1n) is 7.21. The highest BCUT2D eigenvalue weighted by Crippen LogP contribution is 2.15. The van der Waals surface area contributed by atoms with Crippen LogP contribution in [0.1, 0.15) is 17.5 Å². The number of rotatable bonds is 4. The Labute approximate surface area is 132 Å². The van der Waals surface area contributed by atoms with E-state index in [0.29, 0.717) is 29.9 Å². The van der Waals surface area contributed by atoms with Crippen LogP contribution in [0, 0.1) is 11.6 Å². The van der Waals surface area contributed by atoms with E-state index >= 15 is 0 Å². The van der Waals surface area contributed by atoms with Gasteiger partial charge in [-0.25, -0.2) is 13.8 Å². The minimum Gasteiger partial charge on any atom is -0.309 e. The number of halogens is 2. The first-order valence-corrected chi connectivity index (χ1v) is 7.21. The van der Waals surface area contributed by atoms with Crippen molar-refractivity contribution in [3.63, 3.8) is 0 Å². The van der Waals surface area contributed by atoms with Gasteiger partial charge in [-0.1, -0.05) is 24.3 Å².